The van der Waals surface area contributed by atoms with Crippen LogP contribution in [0.5, 0.6) is 0 Å². The molecule has 2 aromatic heterocycles. The maximum atomic E-state index is 8.36. The summed E-state index contributed by atoms with van der Waals surface area (Å²) in [6, 6.07) is 10.7. The van der Waals surface area contributed by atoms with E-state index in [-0.39, 0.29) is 6.47 Å². The van der Waals surface area contributed by atoms with Gasteiger partial charge in [-0.1, -0.05) is 18.2 Å². The first-order valence-electron chi connectivity index (χ1n) is 8.17. The van der Waals surface area contributed by atoms with Gasteiger partial charge in [-0.3, -0.25) is 9.69 Å². The van der Waals surface area contributed by atoms with E-state index in [0.29, 0.717) is 0 Å². The number of benzene rings is 1. The number of piperazine rings is 1. The molecule has 7 nitrogen and oxygen atoms in total. The van der Waals surface area contributed by atoms with Crippen LogP contribution in [0.2, 0.25) is 0 Å². The minimum atomic E-state index is -0.250. The molecule has 7 heteroatoms. The van der Waals surface area contributed by atoms with Crippen molar-refractivity contribution < 1.29 is 9.90 Å². The lowest BCUT2D eigenvalue weighted by molar-refractivity contribution is -0.122. The smallest absolute Gasteiger partial charge is 0.290 e. The number of hydrogen-bond acceptors (Lipinski definition) is 5. The van der Waals surface area contributed by atoms with E-state index >= 15 is 0 Å². The standard InChI is InChI=1S/C17H19N5.CH2O2/c1-2-4-17-14(3-1)9-15(20-17)12-21-5-7-22(8-6-21)16-10-18-13-19-11-16;2-1-3/h1-4,9-11,13,20H,5-8,12H2;1H,(H,2,3). The Morgan fingerprint density at radius 1 is 1.12 bits per heavy atom. The quantitative estimate of drug-likeness (QED) is 0.710. The van der Waals surface area contributed by atoms with Crippen molar-refractivity contribution >= 4 is 23.1 Å². The maximum absolute atomic E-state index is 8.36. The molecule has 4 rings (SSSR count). The molecule has 1 saturated heterocycles. The summed E-state index contributed by atoms with van der Waals surface area (Å²) in [6.07, 6.45) is 5.36. The number of aromatic amines is 1. The van der Waals surface area contributed by atoms with Gasteiger partial charge in [0, 0.05) is 43.9 Å². The van der Waals surface area contributed by atoms with Crippen molar-refractivity contribution in [2.24, 2.45) is 0 Å². The molecular weight excluding hydrogens is 318 g/mol. The highest BCUT2D eigenvalue weighted by atomic mass is 16.3. The molecule has 3 aromatic rings. The number of fused-ring (bicyclic) bond motifs is 1. The number of nitrogens with zero attached hydrogens (tertiary/aromatic N) is 4. The Hall–Kier alpha value is -2.93. The molecule has 0 radical (unpaired) electrons. The van der Waals surface area contributed by atoms with Crippen molar-refractivity contribution in [3.63, 3.8) is 0 Å². The van der Waals surface area contributed by atoms with Crippen LogP contribution in [0.25, 0.3) is 10.9 Å². The van der Waals surface area contributed by atoms with E-state index in [1.165, 1.54) is 16.6 Å². The van der Waals surface area contributed by atoms with Crippen molar-refractivity contribution in [2.45, 2.75) is 6.54 Å². The van der Waals surface area contributed by atoms with E-state index in [9.17, 15) is 0 Å². The molecule has 3 heterocycles. The molecule has 1 aliphatic rings. The number of anilines is 1. The minimum absolute atomic E-state index is 0.250. The van der Waals surface area contributed by atoms with Gasteiger partial charge in [0.2, 0.25) is 0 Å². The molecule has 1 aromatic carbocycles. The Morgan fingerprint density at radius 2 is 1.80 bits per heavy atom. The normalized spacial score (nSPS) is 14.8. The zero-order valence-electron chi connectivity index (χ0n) is 13.9. The second-order valence-corrected chi connectivity index (χ2v) is 5.85. The van der Waals surface area contributed by atoms with Gasteiger partial charge < -0.3 is 15.0 Å². The van der Waals surface area contributed by atoms with Crippen molar-refractivity contribution in [3.8, 4) is 0 Å². The van der Waals surface area contributed by atoms with Gasteiger partial charge in [0.15, 0.2) is 0 Å². The van der Waals surface area contributed by atoms with Crippen LogP contribution >= 0.6 is 0 Å². The Balaban J connectivity index is 0.000000569. The van der Waals surface area contributed by atoms with Gasteiger partial charge in [-0.2, -0.15) is 0 Å². The molecule has 25 heavy (non-hydrogen) atoms. The number of rotatable bonds is 3. The zero-order valence-corrected chi connectivity index (χ0v) is 13.9. The molecule has 0 saturated carbocycles. The van der Waals surface area contributed by atoms with E-state index < -0.39 is 0 Å². The molecule has 1 fully saturated rings. The van der Waals surface area contributed by atoms with Crippen molar-refractivity contribution in [3.05, 3.63) is 54.7 Å². The largest absolute Gasteiger partial charge is 0.483 e. The third kappa shape index (κ3) is 4.33. The number of para-hydroxylation sites is 1. The van der Waals surface area contributed by atoms with Gasteiger partial charge in [0.1, 0.15) is 6.33 Å². The van der Waals surface area contributed by atoms with Gasteiger partial charge in [0.25, 0.3) is 6.47 Å². The number of carbonyl (C=O) groups is 1. The van der Waals surface area contributed by atoms with Gasteiger partial charge in [-0.15, -0.1) is 0 Å². The van der Waals surface area contributed by atoms with Crippen LogP contribution < -0.4 is 4.90 Å². The average Bonchev–Trinajstić information content (AvgIpc) is 3.06. The highest BCUT2D eigenvalue weighted by Crippen LogP contribution is 2.18. The zero-order chi connectivity index (χ0) is 17.5. The van der Waals surface area contributed by atoms with Crippen molar-refractivity contribution in [1.29, 1.82) is 0 Å². The lowest BCUT2D eigenvalue weighted by atomic mass is 10.2. The summed E-state index contributed by atoms with van der Waals surface area (Å²) in [7, 11) is 0. The van der Waals surface area contributed by atoms with E-state index in [2.05, 4.69) is 55.1 Å². The molecular formula is C18H21N5O2. The SMILES string of the molecule is O=CO.c1ccc2[nH]c(CN3CCN(c4cncnc4)CC3)cc2c1. The molecule has 0 atom stereocenters. The monoisotopic (exact) mass is 339 g/mol. The fraction of sp³-hybridized carbons (Fsp3) is 0.278. The summed E-state index contributed by atoms with van der Waals surface area (Å²) in [5.74, 6) is 0. The third-order valence-electron chi connectivity index (χ3n) is 4.26. The number of aromatic nitrogens is 3. The molecule has 0 spiro atoms. The second-order valence-electron chi connectivity index (χ2n) is 5.85. The number of hydrogen-bond donors (Lipinski definition) is 2. The maximum Gasteiger partial charge on any atom is 0.290 e. The Labute approximate surface area is 145 Å². The summed E-state index contributed by atoms with van der Waals surface area (Å²) >= 11 is 0. The van der Waals surface area contributed by atoms with Crippen LogP contribution in [-0.2, 0) is 11.3 Å². The van der Waals surface area contributed by atoms with E-state index in [4.69, 9.17) is 9.90 Å². The lowest BCUT2D eigenvalue weighted by Crippen LogP contribution is -2.46. The number of nitrogens with one attached hydrogen (secondary N) is 1. The molecule has 0 aliphatic carbocycles. The first-order chi connectivity index (χ1) is 12.3. The fourth-order valence-electron chi connectivity index (χ4n) is 3.08. The summed E-state index contributed by atoms with van der Waals surface area (Å²) in [5, 5.41) is 8.18. The van der Waals surface area contributed by atoms with Crippen LogP contribution in [0.3, 0.4) is 0 Å². The molecule has 0 bridgehead atoms. The average molecular weight is 339 g/mol. The molecule has 0 amide bonds. The van der Waals surface area contributed by atoms with E-state index in [1.807, 2.05) is 12.4 Å². The lowest BCUT2D eigenvalue weighted by Gasteiger charge is -2.35. The highest BCUT2D eigenvalue weighted by molar-refractivity contribution is 5.80. The number of H-pyrrole nitrogens is 1. The molecule has 1 aliphatic heterocycles. The second kappa shape index (κ2) is 8.25. The van der Waals surface area contributed by atoms with Gasteiger partial charge in [0.05, 0.1) is 18.1 Å². The summed E-state index contributed by atoms with van der Waals surface area (Å²) in [4.78, 5) is 24.9. The summed E-state index contributed by atoms with van der Waals surface area (Å²) in [5.41, 5.74) is 3.63. The van der Waals surface area contributed by atoms with Crippen molar-refractivity contribution in [2.75, 3.05) is 31.1 Å². The summed E-state index contributed by atoms with van der Waals surface area (Å²) < 4.78 is 0. The van der Waals surface area contributed by atoms with Gasteiger partial charge in [-0.25, -0.2) is 9.97 Å². The highest BCUT2D eigenvalue weighted by Gasteiger charge is 2.18. The van der Waals surface area contributed by atoms with E-state index in [1.54, 1.807) is 6.33 Å². The van der Waals surface area contributed by atoms with Crippen LogP contribution in [0.1, 0.15) is 5.69 Å². The molecule has 130 valence electrons. The summed E-state index contributed by atoms with van der Waals surface area (Å²) in [6.45, 7) is 4.89. The molecule has 0 unspecified atom stereocenters. The van der Waals surface area contributed by atoms with Gasteiger partial charge >= 0.3 is 0 Å². The molecule has 2 N–H and O–H groups in total. The van der Waals surface area contributed by atoms with Crippen LogP contribution in [-0.4, -0.2) is 57.6 Å². The predicted molar refractivity (Wildman–Crippen MR) is 96.5 cm³/mol. The minimum Gasteiger partial charge on any atom is -0.483 e. The van der Waals surface area contributed by atoms with Crippen molar-refractivity contribution in [1.82, 2.24) is 19.9 Å². The van der Waals surface area contributed by atoms with Crippen LogP contribution in [0.4, 0.5) is 5.69 Å². The van der Waals surface area contributed by atoms with Crippen LogP contribution in [0, 0.1) is 0 Å². The van der Waals surface area contributed by atoms with E-state index in [0.717, 1.165) is 38.4 Å². The Morgan fingerprint density at radius 3 is 2.48 bits per heavy atom. The first kappa shape index (κ1) is 16.9. The topological polar surface area (TPSA) is 85.4 Å². The first-order valence-corrected chi connectivity index (χ1v) is 8.17. The van der Waals surface area contributed by atoms with Crippen LogP contribution in [0.15, 0.2) is 49.1 Å². The number of carboxylic acid groups (broad SMARTS) is 1. The Kier molecular flexibility index (Phi) is 5.58. The Bertz CT molecular complexity index is 764. The predicted octanol–water partition coefficient (Wildman–Crippen LogP) is 1.98. The fourth-order valence-corrected chi connectivity index (χ4v) is 3.08. The van der Waals surface area contributed by atoms with Gasteiger partial charge in [-0.05, 0) is 17.5 Å². The third-order valence-corrected chi connectivity index (χ3v) is 4.26.